The van der Waals surface area contributed by atoms with Gasteiger partial charge in [-0.3, -0.25) is 4.79 Å². The summed E-state index contributed by atoms with van der Waals surface area (Å²) >= 11 is 3.25. The van der Waals surface area contributed by atoms with Crippen molar-refractivity contribution in [2.75, 3.05) is 7.11 Å². The van der Waals surface area contributed by atoms with Gasteiger partial charge in [-0.25, -0.2) is 4.98 Å². The van der Waals surface area contributed by atoms with E-state index in [0.717, 1.165) is 11.3 Å². The minimum absolute atomic E-state index is 0.178. The van der Waals surface area contributed by atoms with Crippen LogP contribution in [0.3, 0.4) is 0 Å². The van der Waals surface area contributed by atoms with Crippen molar-refractivity contribution in [2.24, 2.45) is 0 Å². The number of rotatable bonds is 3. The van der Waals surface area contributed by atoms with Crippen LogP contribution < -0.4 is 10.3 Å². The van der Waals surface area contributed by atoms with Gasteiger partial charge in [0.15, 0.2) is 0 Å². The zero-order valence-corrected chi connectivity index (χ0v) is 11.7. The van der Waals surface area contributed by atoms with E-state index in [1.165, 1.54) is 0 Å². The van der Waals surface area contributed by atoms with Crippen molar-refractivity contribution in [3.8, 4) is 17.1 Å². The topological polar surface area (TPSA) is 55.0 Å². The van der Waals surface area contributed by atoms with Gasteiger partial charge in [0.2, 0.25) is 0 Å². The highest BCUT2D eigenvalue weighted by atomic mass is 79.9. The number of halogens is 1. The first-order valence-corrected chi connectivity index (χ1v) is 6.38. The molecule has 0 bridgehead atoms. The van der Waals surface area contributed by atoms with Crippen LogP contribution in [0.5, 0.6) is 5.75 Å². The average Bonchev–Trinajstić information content (AvgIpc) is 2.41. The van der Waals surface area contributed by atoms with Crippen molar-refractivity contribution in [3.63, 3.8) is 0 Å². The van der Waals surface area contributed by atoms with Crippen LogP contribution in [0.4, 0.5) is 0 Å². The number of aryl methyl sites for hydroxylation is 1. The largest absolute Gasteiger partial charge is 0.496 e. The Kier molecular flexibility index (Phi) is 3.81. The second-order valence-electron chi connectivity index (χ2n) is 3.73. The maximum Gasteiger partial charge on any atom is 0.265 e. The third-order valence-electron chi connectivity index (χ3n) is 2.63. The molecule has 1 heterocycles. The summed E-state index contributed by atoms with van der Waals surface area (Å²) in [6.07, 6.45) is 0.687. The molecule has 2 rings (SSSR count). The van der Waals surface area contributed by atoms with Crippen LogP contribution in [0.2, 0.25) is 0 Å². The Labute approximate surface area is 113 Å². The van der Waals surface area contributed by atoms with Crippen molar-refractivity contribution in [2.45, 2.75) is 13.3 Å². The standard InChI is InChI=1S/C13H13BrN2O2/c1-3-9-11(14)13(17)16-12(15-9)8-6-4-5-7-10(8)18-2/h4-7H,3H2,1-2H3,(H,15,16,17). The summed E-state index contributed by atoms with van der Waals surface area (Å²) in [7, 11) is 1.59. The van der Waals surface area contributed by atoms with Crippen LogP contribution >= 0.6 is 15.9 Å². The number of nitrogens with one attached hydrogen (secondary N) is 1. The van der Waals surface area contributed by atoms with E-state index in [1.54, 1.807) is 7.11 Å². The molecular formula is C13H13BrN2O2. The van der Waals surface area contributed by atoms with E-state index in [2.05, 4.69) is 25.9 Å². The highest BCUT2D eigenvalue weighted by Crippen LogP contribution is 2.26. The van der Waals surface area contributed by atoms with E-state index in [9.17, 15) is 4.79 Å². The maximum atomic E-state index is 11.8. The summed E-state index contributed by atoms with van der Waals surface area (Å²) < 4.78 is 5.76. The average molecular weight is 309 g/mol. The summed E-state index contributed by atoms with van der Waals surface area (Å²) in [5.41, 5.74) is 1.33. The quantitative estimate of drug-likeness (QED) is 0.948. The van der Waals surface area contributed by atoms with Gasteiger partial charge in [-0.2, -0.15) is 0 Å². The van der Waals surface area contributed by atoms with Crippen LogP contribution in [0.25, 0.3) is 11.4 Å². The number of benzene rings is 1. The molecular weight excluding hydrogens is 296 g/mol. The van der Waals surface area contributed by atoms with Gasteiger partial charge >= 0.3 is 0 Å². The lowest BCUT2D eigenvalue weighted by atomic mass is 10.2. The number of para-hydroxylation sites is 1. The SMILES string of the molecule is CCc1nc(-c2ccccc2OC)[nH]c(=O)c1Br. The fourth-order valence-electron chi connectivity index (χ4n) is 1.71. The number of hydrogen-bond donors (Lipinski definition) is 1. The summed E-state index contributed by atoms with van der Waals surface area (Å²) in [5.74, 6) is 1.21. The second-order valence-corrected chi connectivity index (χ2v) is 4.52. The van der Waals surface area contributed by atoms with Crippen molar-refractivity contribution >= 4 is 15.9 Å². The molecule has 0 amide bonds. The van der Waals surface area contributed by atoms with E-state index in [1.807, 2.05) is 31.2 Å². The number of aromatic amines is 1. The van der Waals surface area contributed by atoms with Crippen molar-refractivity contribution in [3.05, 3.63) is 44.8 Å². The smallest absolute Gasteiger partial charge is 0.265 e. The third kappa shape index (κ3) is 2.31. The van der Waals surface area contributed by atoms with Gasteiger partial charge in [-0.05, 0) is 34.5 Å². The molecule has 0 saturated heterocycles. The lowest BCUT2D eigenvalue weighted by molar-refractivity contribution is 0.416. The van der Waals surface area contributed by atoms with Crippen LogP contribution in [0, 0.1) is 0 Å². The Bertz CT molecular complexity index is 623. The zero-order chi connectivity index (χ0) is 13.1. The molecule has 94 valence electrons. The Balaban J connectivity index is 2.64. The van der Waals surface area contributed by atoms with E-state index in [0.29, 0.717) is 22.5 Å². The maximum absolute atomic E-state index is 11.8. The van der Waals surface area contributed by atoms with Gasteiger partial charge in [0.25, 0.3) is 5.56 Å². The normalized spacial score (nSPS) is 10.4. The van der Waals surface area contributed by atoms with Crippen LogP contribution in [-0.2, 0) is 6.42 Å². The number of H-pyrrole nitrogens is 1. The Morgan fingerprint density at radius 2 is 2.11 bits per heavy atom. The molecule has 0 saturated carbocycles. The molecule has 0 spiro atoms. The lowest BCUT2D eigenvalue weighted by Gasteiger charge is -2.09. The summed E-state index contributed by atoms with van der Waals surface area (Å²) in [4.78, 5) is 19.0. The molecule has 18 heavy (non-hydrogen) atoms. The van der Waals surface area contributed by atoms with Gasteiger partial charge in [0, 0.05) is 0 Å². The monoisotopic (exact) mass is 308 g/mol. The zero-order valence-electron chi connectivity index (χ0n) is 10.2. The number of hydrogen-bond acceptors (Lipinski definition) is 3. The van der Waals surface area contributed by atoms with Gasteiger partial charge in [-0.1, -0.05) is 19.1 Å². The molecule has 2 aromatic rings. The van der Waals surface area contributed by atoms with Crippen LogP contribution in [0.15, 0.2) is 33.5 Å². The Morgan fingerprint density at radius 3 is 2.78 bits per heavy atom. The van der Waals surface area contributed by atoms with Gasteiger partial charge in [0.1, 0.15) is 16.0 Å². The first-order chi connectivity index (χ1) is 8.67. The van der Waals surface area contributed by atoms with Gasteiger partial charge in [0.05, 0.1) is 18.4 Å². The molecule has 4 nitrogen and oxygen atoms in total. The first kappa shape index (κ1) is 12.8. The van der Waals surface area contributed by atoms with Crippen molar-refractivity contribution in [1.29, 1.82) is 0 Å². The predicted molar refractivity (Wildman–Crippen MR) is 73.9 cm³/mol. The number of nitrogens with zero attached hydrogens (tertiary/aromatic N) is 1. The molecule has 0 aliphatic heterocycles. The van der Waals surface area contributed by atoms with E-state index < -0.39 is 0 Å². The number of ether oxygens (including phenoxy) is 1. The minimum atomic E-state index is -0.178. The van der Waals surface area contributed by atoms with Crippen LogP contribution in [-0.4, -0.2) is 17.1 Å². The van der Waals surface area contributed by atoms with Gasteiger partial charge in [-0.15, -0.1) is 0 Å². The molecule has 0 radical (unpaired) electrons. The van der Waals surface area contributed by atoms with Crippen molar-refractivity contribution in [1.82, 2.24) is 9.97 Å². The molecule has 1 aromatic heterocycles. The molecule has 0 fully saturated rings. The minimum Gasteiger partial charge on any atom is -0.496 e. The fourth-order valence-corrected chi connectivity index (χ4v) is 2.18. The Morgan fingerprint density at radius 1 is 1.39 bits per heavy atom. The number of aromatic nitrogens is 2. The molecule has 5 heteroatoms. The predicted octanol–water partition coefficient (Wildman–Crippen LogP) is 2.77. The lowest BCUT2D eigenvalue weighted by Crippen LogP contribution is -2.13. The molecule has 0 atom stereocenters. The third-order valence-corrected chi connectivity index (χ3v) is 3.45. The molecule has 1 aromatic carbocycles. The highest BCUT2D eigenvalue weighted by molar-refractivity contribution is 9.10. The summed E-state index contributed by atoms with van der Waals surface area (Å²) in [6, 6.07) is 7.46. The van der Waals surface area contributed by atoms with Gasteiger partial charge < -0.3 is 9.72 Å². The molecule has 0 unspecified atom stereocenters. The molecule has 0 aliphatic carbocycles. The summed E-state index contributed by atoms with van der Waals surface area (Å²) in [5, 5.41) is 0. The van der Waals surface area contributed by atoms with Crippen LogP contribution in [0.1, 0.15) is 12.6 Å². The second kappa shape index (κ2) is 5.35. The molecule has 0 aliphatic rings. The van der Waals surface area contributed by atoms with E-state index in [-0.39, 0.29) is 5.56 Å². The number of methoxy groups -OCH3 is 1. The Hall–Kier alpha value is -1.62. The van der Waals surface area contributed by atoms with Crippen molar-refractivity contribution < 1.29 is 4.74 Å². The fraction of sp³-hybridized carbons (Fsp3) is 0.231. The first-order valence-electron chi connectivity index (χ1n) is 5.59. The van der Waals surface area contributed by atoms with E-state index in [4.69, 9.17) is 4.74 Å². The highest BCUT2D eigenvalue weighted by Gasteiger charge is 2.11. The molecule has 1 N–H and O–H groups in total. The summed E-state index contributed by atoms with van der Waals surface area (Å²) in [6.45, 7) is 1.96. The van der Waals surface area contributed by atoms with E-state index >= 15 is 0 Å².